The molecule has 25 heavy (non-hydrogen) atoms. The smallest absolute Gasteiger partial charge is 0.220 e. The van der Waals surface area contributed by atoms with E-state index >= 15 is 0 Å². The van der Waals surface area contributed by atoms with Crippen molar-refractivity contribution in [1.29, 1.82) is 0 Å². The zero-order valence-corrected chi connectivity index (χ0v) is 16.0. The molecule has 0 fully saturated rings. The Hall–Kier alpha value is -1.65. The lowest BCUT2D eigenvalue weighted by Crippen LogP contribution is -2.28. The number of nitrogens with one attached hydrogen (secondary N) is 1. The molecule has 5 heteroatoms. The number of aryl methyl sites for hydroxylation is 1. The van der Waals surface area contributed by atoms with Gasteiger partial charge in [0.05, 0.1) is 6.54 Å². The normalized spacial score (nSPS) is 10.5. The van der Waals surface area contributed by atoms with Crippen LogP contribution in [0, 0.1) is 0 Å². The zero-order valence-electron chi connectivity index (χ0n) is 14.5. The Balaban J connectivity index is 1.56. The summed E-state index contributed by atoms with van der Waals surface area (Å²) in [6.45, 7) is 3.16. The van der Waals surface area contributed by atoms with Gasteiger partial charge in [-0.25, -0.2) is 0 Å². The van der Waals surface area contributed by atoms with Crippen LogP contribution in [0.2, 0.25) is 5.02 Å². The van der Waals surface area contributed by atoms with Gasteiger partial charge in [-0.05, 0) is 48.4 Å². The Bertz CT molecular complexity index is 644. The Morgan fingerprint density at radius 1 is 1.12 bits per heavy atom. The average molecular weight is 378 g/mol. The summed E-state index contributed by atoms with van der Waals surface area (Å²) in [5.74, 6) is 1.63. The van der Waals surface area contributed by atoms with Crippen molar-refractivity contribution in [3.8, 4) is 5.75 Å². The third-order valence-corrected chi connectivity index (χ3v) is 4.83. The molecule has 0 atom stereocenters. The fourth-order valence-corrected chi connectivity index (χ4v) is 3.26. The van der Waals surface area contributed by atoms with Crippen LogP contribution in [0.4, 0.5) is 0 Å². The molecular weight excluding hydrogens is 354 g/mol. The molecule has 0 radical (unpaired) electrons. The van der Waals surface area contributed by atoms with E-state index in [0.29, 0.717) is 19.6 Å². The molecule has 2 aromatic rings. The number of carbonyl (C=O) groups excluding carboxylic acids is 1. The van der Waals surface area contributed by atoms with E-state index in [-0.39, 0.29) is 5.91 Å². The molecule has 2 rings (SSSR count). The highest BCUT2D eigenvalue weighted by atomic mass is 35.5. The predicted octanol–water partition coefficient (Wildman–Crippen LogP) is 4.97. The van der Waals surface area contributed by atoms with Gasteiger partial charge in [0.2, 0.25) is 5.91 Å². The van der Waals surface area contributed by atoms with Crippen molar-refractivity contribution in [2.24, 2.45) is 0 Å². The number of amides is 1. The van der Waals surface area contributed by atoms with Crippen molar-refractivity contribution in [3.05, 3.63) is 59.1 Å². The SMILES string of the molecule is CCCc1ccc(OCCNC(=O)CCSc2ccc(Cl)cc2)cc1. The number of hydrogen-bond donors (Lipinski definition) is 1. The molecule has 0 aliphatic heterocycles. The van der Waals surface area contributed by atoms with Gasteiger partial charge in [0.25, 0.3) is 0 Å². The zero-order chi connectivity index (χ0) is 17.9. The van der Waals surface area contributed by atoms with Crippen LogP contribution in [0.3, 0.4) is 0 Å². The van der Waals surface area contributed by atoms with Gasteiger partial charge in [0.15, 0.2) is 0 Å². The first-order chi connectivity index (χ1) is 12.2. The van der Waals surface area contributed by atoms with E-state index in [0.717, 1.165) is 34.3 Å². The van der Waals surface area contributed by atoms with Crippen molar-refractivity contribution >= 4 is 29.3 Å². The lowest BCUT2D eigenvalue weighted by Gasteiger charge is -2.08. The molecule has 1 N–H and O–H groups in total. The van der Waals surface area contributed by atoms with E-state index in [2.05, 4.69) is 24.4 Å². The minimum absolute atomic E-state index is 0.0448. The van der Waals surface area contributed by atoms with Crippen LogP contribution in [0.1, 0.15) is 25.3 Å². The molecule has 0 aliphatic rings. The summed E-state index contributed by atoms with van der Waals surface area (Å²) < 4.78 is 5.64. The molecule has 0 heterocycles. The van der Waals surface area contributed by atoms with Crippen molar-refractivity contribution in [1.82, 2.24) is 5.32 Å². The first kappa shape index (κ1) is 19.7. The van der Waals surface area contributed by atoms with Crippen molar-refractivity contribution < 1.29 is 9.53 Å². The first-order valence-electron chi connectivity index (χ1n) is 8.54. The maximum Gasteiger partial charge on any atom is 0.220 e. The predicted molar refractivity (Wildman–Crippen MR) is 106 cm³/mol. The molecule has 0 spiro atoms. The minimum atomic E-state index is 0.0448. The number of thioether (sulfide) groups is 1. The quantitative estimate of drug-likeness (QED) is 0.469. The van der Waals surface area contributed by atoms with Gasteiger partial charge in [-0.3, -0.25) is 4.79 Å². The summed E-state index contributed by atoms with van der Waals surface area (Å²) in [5, 5.41) is 3.61. The Morgan fingerprint density at radius 2 is 1.84 bits per heavy atom. The van der Waals surface area contributed by atoms with Gasteiger partial charge in [0, 0.05) is 22.1 Å². The molecule has 0 aliphatic carbocycles. The lowest BCUT2D eigenvalue weighted by atomic mass is 10.1. The molecule has 2 aromatic carbocycles. The molecule has 0 saturated heterocycles. The third kappa shape index (κ3) is 7.84. The molecule has 134 valence electrons. The van der Waals surface area contributed by atoms with E-state index in [1.807, 2.05) is 36.4 Å². The molecule has 3 nitrogen and oxygen atoms in total. The molecule has 0 saturated carbocycles. The maximum absolute atomic E-state index is 11.8. The van der Waals surface area contributed by atoms with Gasteiger partial charge >= 0.3 is 0 Å². The topological polar surface area (TPSA) is 38.3 Å². The summed E-state index contributed by atoms with van der Waals surface area (Å²) in [5.41, 5.74) is 1.32. The number of benzene rings is 2. The summed E-state index contributed by atoms with van der Waals surface area (Å²) >= 11 is 7.50. The molecule has 0 aromatic heterocycles. The first-order valence-corrected chi connectivity index (χ1v) is 9.90. The van der Waals surface area contributed by atoms with Gasteiger partial charge in [-0.2, -0.15) is 0 Å². The van der Waals surface area contributed by atoms with Gasteiger partial charge in [-0.1, -0.05) is 37.1 Å². The van der Waals surface area contributed by atoms with Crippen LogP contribution in [0.5, 0.6) is 5.75 Å². The van der Waals surface area contributed by atoms with Crippen molar-refractivity contribution in [2.45, 2.75) is 31.1 Å². The number of rotatable bonds is 10. The summed E-state index contributed by atoms with van der Waals surface area (Å²) in [7, 11) is 0. The van der Waals surface area contributed by atoms with Crippen LogP contribution < -0.4 is 10.1 Å². The lowest BCUT2D eigenvalue weighted by molar-refractivity contribution is -0.120. The van der Waals surface area contributed by atoms with Crippen LogP contribution >= 0.6 is 23.4 Å². The second-order valence-corrected chi connectivity index (χ2v) is 7.25. The van der Waals surface area contributed by atoms with Crippen LogP contribution in [-0.4, -0.2) is 24.8 Å². The van der Waals surface area contributed by atoms with E-state index in [1.165, 1.54) is 5.56 Å². The van der Waals surface area contributed by atoms with E-state index in [4.69, 9.17) is 16.3 Å². The van der Waals surface area contributed by atoms with E-state index in [9.17, 15) is 4.79 Å². The molecule has 0 unspecified atom stereocenters. The van der Waals surface area contributed by atoms with Gasteiger partial charge in [0.1, 0.15) is 12.4 Å². The summed E-state index contributed by atoms with van der Waals surface area (Å²) in [6.07, 6.45) is 2.71. The number of hydrogen-bond acceptors (Lipinski definition) is 3. The van der Waals surface area contributed by atoms with Crippen molar-refractivity contribution in [3.63, 3.8) is 0 Å². The highest BCUT2D eigenvalue weighted by Crippen LogP contribution is 2.20. The van der Waals surface area contributed by atoms with E-state index < -0.39 is 0 Å². The standard InChI is InChI=1S/C20H24ClNO2S/c1-2-3-16-4-8-18(9-5-16)24-14-13-22-20(23)12-15-25-19-10-6-17(21)7-11-19/h4-11H,2-3,12-15H2,1H3,(H,22,23). The Kier molecular flexibility index (Phi) is 8.70. The fourth-order valence-electron chi connectivity index (χ4n) is 2.28. The van der Waals surface area contributed by atoms with Gasteiger partial charge in [-0.15, -0.1) is 11.8 Å². The maximum atomic E-state index is 11.8. The number of ether oxygens (including phenoxy) is 1. The van der Waals surface area contributed by atoms with Crippen LogP contribution in [0.15, 0.2) is 53.4 Å². The number of halogens is 1. The largest absolute Gasteiger partial charge is 0.492 e. The third-order valence-electron chi connectivity index (χ3n) is 3.57. The summed E-state index contributed by atoms with van der Waals surface area (Å²) in [6, 6.07) is 15.8. The minimum Gasteiger partial charge on any atom is -0.492 e. The monoisotopic (exact) mass is 377 g/mol. The molecule has 1 amide bonds. The van der Waals surface area contributed by atoms with Crippen molar-refractivity contribution in [2.75, 3.05) is 18.9 Å². The average Bonchev–Trinajstić information content (AvgIpc) is 2.62. The molecular formula is C20H24ClNO2S. The fraction of sp³-hybridized carbons (Fsp3) is 0.350. The second kappa shape index (κ2) is 11.1. The van der Waals surface area contributed by atoms with Crippen LogP contribution in [-0.2, 0) is 11.2 Å². The Labute approximate surface area is 159 Å². The Morgan fingerprint density at radius 3 is 2.52 bits per heavy atom. The van der Waals surface area contributed by atoms with Gasteiger partial charge < -0.3 is 10.1 Å². The highest BCUT2D eigenvalue weighted by molar-refractivity contribution is 7.99. The van der Waals surface area contributed by atoms with E-state index in [1.54, 1.807) is 11.8 Å². The molecule has 0 bridgehead atoms. The highest BCUT2D eigenvalue weighted by Gasteiger charge is 2.02. The number of carbonyl (C=O) groups is 1. The second-order valence-electron chi connectivity index (χ2n) is 5.64. The van der Waals surface area contributed by atoms with Crippen LogP contribution in [0.25, 0.3) is 0 Å². The summed E-state index contributed by atoms with van der Waals surface area (Å²) in [4.78, 5) is 12.9.